The number of rotatable bonds is 6. The summed E-state index contributed by atoms with van der Waals surface area (Å²) in [6.07, 6.45) is 1.83. The predicted octanol–water partition coefficient (Wildman–Crippen LogP) is 2.90. The molecule has 0 spiro atoms. The minimum atomic E-state index is -1.12. The van der Waals surface area contributed by atoms with Crippen molar-refractivity contribution >= 4 is 12.1 Å². The van der Waals surface area contributed by atoms with Crippen molar-refractivity contribution in [3.05, 3.63) is 35.4 Å². The molecule has 0 fully saturated rings. The van der Waals surface area contributed by atoms with Crippen LogP contribution in [0.15, 0.2) is 24.3 Å². The average Bonchev–Trinajstić information content (AvgIpc) is 2.86. The van der Waals surface area contributed by atoms with Gasteiger partial charge in [-0.3, -0.25) is 4.79 Å². The first kappa shape index (κ1) is 15.4. The van der Waals surface area contributed by atoms with Crippen molar-refractivity contribution in [2.75, 3.05) is 6.54 Å². The highest BCUT2D eigenvalue weighted by atomic mass is 16.5. The van der Waals surface area contributed by atoms with Crippen LogP contribution < -0.4 is 5.32 Å². The molecule has 2 N–H and O–H groups in total. The molecule has 0 aromatic heterocycles. The molecule has 1 aliphatic rings. The van der Waals surface area contributed by atoms with E-state index >= 15 is 0 Å². The number of hydrogen-bond acceptors (Lipinski definition) is 3. The normalized spacial score (nSPS) is 17.9. The van der Waals surface area contributed by atoms with Gasteiger partial charge in [-0.05, 0) is 30.4 Å². The summed E-state index contributed by atoms with van der Waals surface area (Å²) in [5.41, 5.74) is 2.30. The molecule has 2 unspecified atom stereocenters. The molecular weight excluding hydrogens is 270 g/mol. The zero-order chi connectivity index (χ0) is 15.2. The Morgan fingerprint density at radius 3 is 2.90 bits per heavy atom. The Hall–Kier alpha value is -2.04. The topological polar surface area (TPSA) is 75.6 Å². The van der Waals surface area contributed by atoms with Crippen LogP contribution in [-0.4, -0.2) is 23.7 Å². The van der Waals surface area contributed by atoms with Crippen molar-refractivity contribution in [3.63, 3.8) is 0 Å². The third kappa shape index (κ3) is 3.97. The summed E-state index contributed by atoms with van der Waals surface area (Å²) in [5, 5.41) is 10.9. The van der Waals surface area contributed by atoms with Crippen LogP contribution in [0.3, 0.4) is 0 Å². The van der Waals surface area contributed by atoms with Crippen molar-refractivity contribution in [1.29, 1.82) is 0 Å². The van der Waals surface area contributed by atoms with Gasteiger partial charge < -0.3 is 15.2 Å². The van der Waals surface area contributed by atoms with Crippen LogP contribution >= 0.6 is 0 Å². The van der Waals surface area contributed by atoms with Gasteiger partial charge in [0.1, 0.15) is 6.10 Å². The van der Waals surface area contributed by atoms with Crippen molar-refractivity contribution in [2.45, 2.75) is 38.7 Å². The number of carbonyl (C=O) groups excluding carboxylic acids is 1. The van der Waals surface area contributed by atoms with Gasteiger partial charge in [0.2, 0.25) is 0 Å². The number of fused-ring (bicyclic) bond motifs is 1. The molecule has 1 amide bonds. The highest BCUT2D eigenvalue weighted by Crippen LogP contribution is 2.34. The van der Waals surface area contributed by atoms with E-state index in [0.717, 1.165) is 24.8 Å². The van der Waals surface area contributed by atoms with E-state index in [1.165, 1.54) is 5.56 Å². The lowest BCUT2D eigenvalue weighted by atomic mass is 10.0. The molecule has 1 aromatic carbocycles. The van der Waals surface area contributed by atoms with Crippen LogP contribution in [-0.2, 0) is 16.0 Å². The molecule has 0 saturated heterocycles. The first-order chi connectivity index (χ1) is 10.1. The summed E-state index contributed by atoms with van der Waals surface area (Å²) in [6, 6.07) is 7.98. The van der Waals surface area contributed by atoms with Gasteiger partial charge in [0.15, 0.2) is 0 Å². The number of benzene rings is 1. The Bertz CT molecular complexity index is 515. The molecular formula is C16H21NO4. The number of amides is 1. The maximum absolute atomic E-state index is 12.3. The van der Waals surface area contributed by atoms with E-state index in [2.05, 4.69) is 11.4 Å². The predicted molar refractivity (Wildman–Crippen MR) is 78.0 cm³/mol. The lowest BCUT2D eigenvalue weighted by Gasteiger charge is -2.19. The number of hydrogen-bond donors (Lipinski definition) is 2. The lowest BCUT2D eigenvalue weighted by Crippen LogP contribution is -2.33. The molecule has 0 heterocycles. The fourth-order valence-electron chi connectivity index (χ4n) is 2.74. The van der Waals surface area contributed by atoms with Gasteiger partial charge in [-0.15, -0.1) is 0 Å². The molecule has 21 heavy (non-hydrogen) atoms. The van der Waals surface area contributed by atoms with Crippen molar-refractivity contribution < 1.29 is 19.4 Å². The Kier molecular flexibility index (Phi) is 5.20. The number of ether oxygens (including phenoxy) is 1. The van der Waals surface area contributed by atoms with Gasteiger partial charge in [0.25, 0.3) is 0 Å². The molecule has 0 saturated carbocycles. The minimum Gasteiger partial charge on any atom is -0.465 e. The minimum absolute atomic E-state index is 0.108. The van der Waals surface area contributed by atoms with E-state index in [1.54, 1.807) is 0 Å². The van der Waals surface area contributed by atoms with E-state index in [1.807, 2.05) is 25.1 Å². The number of nitrogens with one attached hydrogen (secondary N) is 1. The van der Waals surface area contributed by atoms with E-state index < -0.39 is 12.0 Å². The van der Waals surface area contributed by atoms with E-state index in [-0.39, 0.29) is 18.6 Å². The van der Waals surface area contributed by atoms with Crippen LogP contribution in [0.2, 0.25) is 0 Å². The number of carbonyl (C=O) groups is 2. The highest BCUT2D eigenvalue weighted by Gasteiger charge is 2.28. The first-order valence-corrected chi connectivity index (χ1v) is 7.37. The van der Waals surface area contributed by atoms with Crippen molar-refractivity contribution in [1.82, 2.24) is 5.32 Å². The maximum Gasteiger partial charge on any atom is 0.404 e. The van der Waals surface area contributed by atoms with Gasteiger partial charge >= 0.3 is 12.1 Å². The Balaban J connectivity index is 1.97. The van der Waals surface area contributed by atoms with Crippen LogP contribution in [0.4, 0.5) is 4.79 Å². The van der Waals surface area contributed by atoms with Crippen LogP contribution in [0.1, 0.15) is 43.4 Å². The summed E-state index contributed by atoms with van der Waals surface area (Å²) in [6.45, 7) is 2.07. The fraction of sp³-hybridized carbons (Fsp3) is 0.500. The summed E-state index contributed by atoms with van der Waals surface area (Å²) in [5.74, 6) is -0.730. The quantitative estimate of drug-likeness (QED) is 0.790. The van der Waals surface area contributed by atoms with Gasteiger partial charge in [0.05, 0.1) is 5.92 Å². The second kappa shape index (κ2) is 7.11. The van der Waals surface area contributed by atoms with Gasteiger partial charge in [0, 0.05) is 6.54 Å². The SMILES string of the molecule is CCCC(CNC(=O)O)C(=O)OC1CCc2ccccc21. The highest BCUT2D eigenvalue weighted by molar-refractivity contribution is 5.74. The second-order valence-corrected chi connectivity index (χ2v) is 5.33. The zero-order valence-electron chi connectivity index (χ0n) is 12.2. The first-order valence-electron chi connectivity index (χ1n) is 7.37. The molecule has 0 bridgehead atoms. The van der Waals surface area contributed by atoms with E-state index in [0.29, 0.717) is 6.42 Å². The maximum atomic E-state index is 12.3. The molecule has 114 valence electrons. The molecule has 0 radical (unpaired) electrons. The lowest BCUT2D eigenvalue weighted by molar-refractivity contribution is -0.154. The third-order valence-corrected chi connectivity index (χ3v) is 3.81. The third-order valence-electron chi connectivity index (χ3n) is 3.81. The number of carboxylic acid groups (broad SMARTS) is 1. The number of aryl methyl sites for hydroxylation is 1. The Morgan fingerprint density at radius 2 is 2.19 bits per heavy atom. The molecule has 5 heteroatoms. The smallest absolute Gasteiger partial charge is 0.404 e. The number of esters is 1. The monoisotopic (exact) mass is 291 g/mol. The largest absolute Gasteiger partial charge is 0.465 e. The summed E-state index contributed by atoms with van der Waals surface area (Å²) < 4.78 is 5.61. The molecule has 5 nitrogen and oxygen atoms in total. The zero-order valence-corrected chi connectivity index (χ0v) is 12.2. The molecule has 2 atom stereocenters. The average molecular weight is 291 g/mol. The Morgan fingerprint density at radius 1 is 1.43 bits per heavy atom. The van der Waals surface area contributed by atoms with Gasteiger partial charge in [-0.1, -0.05) is 37.6 Å². The van der Waals surface area contributed by atoms with E-state index in [9.17, 15) is 9.59 Å². The van der Waals surface area contributed by atoms with E-state index in [4.69, 9.17) is 9.84 Å². The molecule has 2 rings (SSSR count). The molecule has 0 aliphatic heterocycles. The second-order valence-electron chi connectivity index (χ2n) is 5.33. The Labute approximate surface area is 124 Å². The summed E-state index contributed by atoms with van der Waals surface area (Å²) in [4.78, 5) is 22.8. The van der Waals surface area contributed by atoms with Crippen LogP contribution in [0.5, 0.6) is 0 Å². The standard InChI is InChI=1S/C16H21NO4/c1-2-5-12(10-17-16(19)20)15(18)21-14-9-8-11-6-3-4-7-13(11)14/h3-4,6-7,12,14,17H,2,5,8-10H2,1H3,(H,19,20). The van der Waals surface area contributed by atoms with Crippen molar-refractivity contribution in [2.24, 2.45) is 5.92 Å². The van der Waals surface area contributed by atoms with Gasteiger partial charge in [-0.25, -0.2) is 4.79 Å². The van der Waals surface area contributed by atoms with Crippen molar-refractivity contribution in [3.8, 4) is 0 Å². The van der Waals surface area contributed by atoms with Gasteiger partial charge in [-0.2, -0.15) is 0 Å². The molecule has 1 aliphatic carbocycles. The summed E-state index contributed by atoms with van der Waals surface area (Å²) in [7, 11) is 0. The van der Waals surface area contributed by atoms with Crippen LogP contribution in [0.25, 0.3) is 0 Å². The van der Waals surface area contributed by atoms with Crippen LogP contribution in [0, 0.1) is 5.92 Å². The summed E-state index contributed by atoms with van der Waals surface area (Å²) >= 11 is 0. The molecule has 1 aromatic rings. The fourth-order valence-corrected chi connectivity index (χ4v) is 2.74.